The third-order valence-corrected chi connectivity index (χ3v) is 3.35. The number of amides is 2. The van der Waals surface area contributed by atoms with Crippen molar-refractivity contribution < 1.29 is 18.7 Å². The first-order chi connectivity index (χ1) is 9.51. The fourth-order valence-electron chi connectivity index (χ4n) is 2.44. The average molecular weight is 293 g/mol. The minimum absolute atomic E-state index is 0.128. The van der Waals surface area contributed by atoms with E-state index in [0.29, 0.717) is 11.3 Å². The van der Waals surface area contributed by atoms with Crippen molar-refractivity contribution >= 4 is 17.7 Å². The number of anilines is 1. The van der Waals surface area contributed by atoms with Crippen molar-refractivity contribution in [3.63, 3.8) is 0 Å². The van der Waals surface area contributed by atoms with Gasteiger partial charge in [0.05, 0.1) is 5.69 Å². The topological polar surface area (TPSA) is 46.6 Å². The lowest BCUT2D eigenvalue weighted by Crippen LogP contribution is -2.47. The van der Waals surface area contributed by atoms with Gasteiger partial charge in [-0.2, -0.15) is 0 Å². The molecule has 0 atom stereocenters. The summed E-state index contributed by atoms with van der Waals surface area (Å²) in [4.78, 5) is 25.6. The first-order valence-electron chi connectivity index (χ1n) is 6.87. The summed E-state index contributed by atoms with van der Waals surface area (Å²) in [5.41, 5.74) is -0.197. The predicted molar refractivity (Wildman–Crippen MR) is 77.8 cm³/mol. The van der Waals surface area contributed by atoms with Crippen LogP contribution in [0.15, 0.2) is 18.2 Å². The van der Waals surface area contributed by atoms with Crippen LogP contribution in [0.5, 0.6) is 0 Å². The van der Waals surface area contributed by atoms with Crippen molar-refractivity contribution in [1.29, 1.82) is 0 Å². The van der Waals surface area contributed by atoms with Gasteiger partial charge in [0.15, 0.2) is 0 Å². The van der Waals surface area contributed by atoms with Gasteiger partial charge in [-0.15, -0.1) is 0 Å². The van der Waals surface area contributed by atoms with Crippen LogP contribution in [0, 0.1) is 5.82 Å². The van der Waals surface area contributed by atoms with Crippen LogP contribution in [0.2, 0.25) is 0 Å². The highest BCUT2D eigenvalue weighted by Crippen LogP contribution is 2.41. The number of hydrogen-bond donors (Lipinski definition) is 0. The highest BCUT2D eigenvalue weighted by Gasteiger charge is 2.41. The Morgan fingerprint density at radius 3 is 2.52 bits per heavy atom. The van der Waals surface area contributed by atoms with Crippen LogP contribution in [0.25, 0.3) is 0 Å². The number of ether oxygens (including phenoxy) is 1. The average Bonchev–Trinajstić information content (AvgIpc) is 2.26. The molecule has 1 aliphatic rings. The Balaban J connectivity index is 2.49. The Kier molecular flexibility index (Phi) is 3.56. The Morgan fingerprint density at radius 1 is 1.33 bits per heavy atom. The van der Waals surface area contributed by atoms with E-state index in [2.05, 4.69) is 0 Å². The summed E-state index contributed by atoms with van der Waals surface area (Å²) < 4.78 is 18.8. The van der Waals surface area contributed by atoms with Gasteiger partial charge >= 0.3 is 6.09 Å². The molecule has 0 spiro atoms. The van der Waals surface area contributed by atoms with Gasteiger partial charge in [-0.05, 0) is 44.5 Å². The lowest BCUT2D eigenvalue weighted by molar-refractivity contribution is -0.119. The summed E-state index contributed by atoms with van der Waals surface area (Å²) in [5, 5.41) is 0. The number of fused-ring (bicyclic) bond motifs is 1. The van der Waals surface area contributed by atoms with Crippen LogP contribution in [0.3, 0.4) is 0 Å². The number of rotatable bonds is 0. The molecule has 2 rings (SSSR count). The van der Waals surface area contributed by atoms with Crippen LogP contribution in [0.1, 0.15) is 46.6 Å². The minimum atomic E-state index is -0.726. The molecule has 5 heteroatoms. The quantitative estimate of drug-likeness (QED) is 0.731. The summed E-state index contributed by atoms with van der Waals surface area (Å²) >= 11 is 0. The fourth-order valence-corrected chi connectivity index (χ4v) is 2.44. The van der Waals surface area contributed by atoms with Gasteiger partial charge in [-0.25, -0.2) is 14.1 Å². The van der Waals surface area contributed by atoms with Crippen molar-refractivity contribution in [3.05, 3.63) is 29.6 Å². The lowest BCUT2D eigenvalue weighted by Gasteiger charge is -2.37. The maximum absolute atomic E-state index is 13.5. The van der Waals surface area contributed by atoms with E-state index in [4.69, 9.17) is 4.74 Å². The molecule has 1 heterocycles. The lowest BCUT2D eigenvalue weighted by atomic mass is 9.77. The van der Waals surface area contributed by atoms with E-state index in [1.807, 2.05) is 13.8 Å². The van der Waals surface area contributed by atoms with E-state index in [0.717, 1.165) is 4.90 Å². The second kappa shape index (κ2) is 4.83. The number of hydrogen-bond acceptors (Lipinski definition) is 3. The molecule has 1 aromatic rings. The Bertz CT molecular complexity index is 602. The third kappa shape index (κ3) is 3.06. The summed E-state index contributed by atoms with van der Waals surface area (Å²) in [7, 11) is 0. The third-order valence-electron chi connectivity index (χ3n) is 3.35. The van der Waals surface area contributed by atoms with E-state index in [9.17, 15) is 14.0 Å². The van der Waals surface area contributed by atoms with E-state index < -0.39 is 17.1 Å². The summed E-state index contributed by atoms with van der Waals surface area (Å²) in [6, 6.07) is 4.07. The Hall–Kier alpha value is -1.91. The predicted octanol–water partition coefficient (Wildman–Crippen LogP) is 3.78. The number of nitrogens with zero attached hydrogens (tertiary/aromatic N) is 1. The molecule has 1 aliphatic heterocycles. The summed E-state index contributed by atoms with van der Waals surface area (Å²) in [5.74, 6) is -0.728. The number of halogens is 1. The summed E-state index contributed by atoms with van der Waals surface area (Å²) in [6.07, 6.45) is -0.598. The van der Waals surface area contributed by atoms with E-state index in [1.165, 1.54) is 18.2 Å². The van der Waals surface area contributed by atoms with Crippen molar-refractivity contribution in [2.75, 3.05) is 4.90 Å². The smallest absolute Gasteiger partial charge is 0.421 e. The highest BCUT2D eigenvalue weighted by atomic mass is 19.1. The standard InChI is InChI=1S/C16H20FNO3/c1-15(2,3)21-14(20)18-12-7-6-10(17)8-11(12)16(4,5)9-13(18)19/h6-8H,9H2,1-5H3. The van der Waals surface area contributed by atoms with Crippen molar-refractivity contribution in [3.8, 4) is 0 Å². The molecular formula is C16H20FNO3. The molecular weight excluding hydrogens is 273 g/mol. The maximum atomic E-state index is 13.5. The first kappa shape index (κ1) is 15.5. The molecule has 4 nitrogen and oxygen atoms in total. The SMILES string of the molecule is CC(C)(C)OC(=O)N1C(=O)CC(C)(C)c2cc(F)ccc21. The van der Waals surface area contributed by atoms with Gasteiger partial charge in [0.2, 0.25) is 5.91 Å². The van der Waals surface area contributed by atoms with E-state index in [-0.39, 0.29) is 18.1 Å². The highest BCUT2D eigenvalue weighted by molar-refractivity contribution is 6.14. The van der Waals surface area contributed by atoms with Gasteiger partial charge in [-0.3, -0.25) is 4.79 Å². The first-order valence-corrected chi connectivity index (χ1v) is 6.87. The Labute approximate surface area is 123 Å². The van der Waals surface area contributed by atoms with E-state index >= 15 is 0 Å². The molecule has 1 aromatic carbocycles. The largest absolute Gasteiger partial charge is 0.443 e. The van der Waals surface area contributed by atoms with Gasteiger partial charge in [-0.1, -0.05) is 13.8 Å². The Morgan fingerprint density at radius 2 is 1.95 bits per heavy atom. The number of carbonyl (C=O) groups excluding carboxylic acids is 2. The zero-order chi connectivity index (χ0) is 16.0. The molecule has 0 radical (unpaired) electrons. The molecule has 0 aromatic heterocycles. The van der Waals surface area contributed by atoms with Crippen molar-refractivity contribution in [2.45, 2.75) is 52.1 Å². The van der Waals surface area contributed by atoms with Crippen molar-refractivity contribution in [1.82, 2.24) is 0 Å². The van der Waals surface area contributed by atoms with Gasteiger partial charge in [0.25, 0.3) is 0 Å². The van der Waals surface area contributed by atoms with Crippen LogP contribution in [-0.2, 0) is 14.9 Å². The number of imide groups is 1. The fraction of sp³-hybridized carbons (Fsp3) is 0.500. The molecule has 21 heavy (non-hydrogen) atoms. The second-order valence-electron chi connectivity index (χ2n) is 6.93. The van der Waals surface area contributed by atoms with Gasteiger partial charge in [0, 0.05) is 11.8 Å². The molecule has 0 fully saturated rings. The molecule has 0 N–H and O–H groups in total. The van der Waals surface area contributed by atoms with Crippen LogP contribution >= 0.6 is 0 Å². The number of carbonyl (C=O) groups is 2. The molecule has 0 bridgehead atoms. The minimum Gasteiger partial charge on any atom is -0.443 e. The van der Waals surface area contributed by atoms with Crippen LogP contribution in [0.4, 0.5) is 14.9 Å². The van der Waals surface area contributed by atoms with Crippen LogP contribution in [-0.4, -0.2) is 17.6 Å². The molecule has 2 amide bonds. The van der Waals surface area contributed by atoms with Crippen LogP contribution < -0.4 is 4.90 Å². The zero-order valence-electron chi connectivity index (χ0n) is 13.0. The normalized spacial score (nSPS) is 17.4. The second-order valence-corrected chi connectivity index (χ2v) is 6.93. The van der Waals surface area contributed by atoms with Gasteiger partial charge in [0.1, 0.15) is 11.4 Å². The molecule has 114 valence electrons. The molecule has 0 saturated carbocycles. The molecule has 0 aliphatic carbocycles. The molecule has 0 saturated heterocycles. The van der Waals surface area contributed by atoms with E-state index in [1.54, 1.807) is 20.8 Å². The zero-order valence-corrected chi connectivity index (χ0v) is 13.0. The van der Waals surface area contributed by atoms with Gasteiger partial charge < -0.3 is 4.74 Å². The number of benzene rings is 1. The molecule has 0 unspecified atom stereocenters. The maximum Gasteiger partial charge on any atom is 0.421 e. The monoisotopic (exact) mass is 293 g/mol. The van der Waals surface area contributed by atoms with Crippen molar-refractivity contribution in [2.24, 2.45) is 0 Å². The summed E-state index contributed by atoms with van der Waals surface area (Å²) in [6.45, 7) is 8.91.